The van der Waals surface area contributed by atoms with Crippen LogP contribution in [0.3, 0.4) is 0 Å². The Morgan fingerprint density at radius 1 is 1.29 bits per heavy atom. The number of fused-ring (bicyclic) bond motifs is 1. The Morgan fingerprint density at radius 2 is 2.00 bits per heavy atom. The van der Waals surface area contributed by atoms with Gasteiger partial charge in [0.1, 0.15) is 11.5 Å². The van der Waals surface area contributed by atoms with Gasteiger partial charge in [0, 0.05) is 42.3 Å². The lowest BCUT2D eigenvalue weighted by Gasteiger charge is -2.42. The molecule has 7 nitrogen and oxygen atoms in total. The van der Waals surface area contributed by atoms with E-state index in [1.807, 2.05) is 50.1 Å². The summed E-state index contributed by atoms with van der Waals surface area (Å²) in [6.45, 7) is 4.75. The minimum Gasteiger partial charge on any atom is -0.404 e. The number of nitrogens with zero attached hydrogens (tertiary/aromatic N) is 2. The van der Waals surface area contributed by atoms with Crippen LogP contribution in [0.1, 0.15) is 31.4 Å². The molecule has 2 aromatic rings. The SMILES string of the molecule is CN1c2ccccc2C(C)(C)C1(O)CCc1cc([N+](=O)[O-])ccc1OC1=[NH+]C1. The summed E-state index contributed by atoms with van der Waals surface area (Å²) in [7, 11) is 1.89. The summed E-state index contributed by atoms with van der Waals surface area (Å²) in [4.78, 5) is 15.7. The Balaban J connectivity index is 1.64. The molecule has 0 amide bonds. The van der Waals surface area contributed by atoms with Crippen molar-refractivity contribution in [2.75, 3.05) is 18.5 Å². The number of ether oxygens (including phenoxy) is 1. The van der Waals surface area contributed by atoms with Gasteiger partial charge in [0.25, 0.3) is 12.2 Å². The van der Waals surface area contributed by atoms with Gasteiger partial charge in [-0.3, -0.25) is 10.1 Å². The first-order chi connectivity index (χ1) is 13.2. The summed E-state index contributed by atoms with van der Waals surface area (Å²) in [6, 6.07) is 12.6. The minimum atomic E-state index is -1.12. The van der Waals surface area contributed by atoms with Gasteiger partial charge in [0.2, 0.25) is 0 Å². The molecule has 0 saturated heterocycles. The molecule has 0 bridgehead atoms. The lowest BCUT2D eigenvalue weighted by Crippen LogP contribution is -2.54. The van der Waals surface area contributed by atoms with Gasteiger partial charge in [-0.2, -0.15) is 4.99 Å². The minimum absolute atomic E-state index is 0.0189. The molecule has 1 atom stereocenters. The molecule has 0 spiro atoms. The number of non-ortho nitro benzene ring substituents is 1. The van der Waals surface area contributed by atoms with E-state index in [0.29, 0.717) is 30.7 Å². The summed E-state index contributed by atoms with van der Waals surface area (Å²) in [5, 5.41) is 22.9. The van der Waals surface area contributed by atoms with E-state index in [1.54, 1.807) is 6.07 Å². The molecule has 4 rings (SSSR count). The van der Waals surface area contributed by atoms with E-state index in [0.717, 1.165) is 17.1 Å². The van der Waals surface area contributed by atoms with Crippen LogP contribution in [0.5, 0.6) is 5.75 Å². The molecular formula is C21H24N3O4+. The zero-order chi connectivity index (χ0) is 20.1. The largest absolute Gasteiger partial charge is 0.408 e. The molecule has 2 aromatic carbocycles. The van der Waals surface area contributed by atoms with Gasteiger partial charge in [-0.1, -0.05) is 32.0 Å². The van der Waals surface area contributed by atoms with Crippen molar-refractivity contribution < 1.29 is 19.8 Å². The van der Waals surface area contributed by atoms with Crippen LogP contribution < -0.4 is 14.6 Å². The standard InChI is InChI=1S/C21H23N3O4/c1-20(2)16-6-4-5-7-17(16)23(3)21(20,25)11-10-14-12-15(24(26)27)8-9-18(14)28-19-13-22-19/h4-9,12,25H,10-11,13H2,1-3H3/p+1. The molecule has 0 saturated carbocycles. The van der Waals surface area contributed by atoms with Gasteiger partial charge < -0.3 is 14.7 Å². The first-order valence-corrected chi connectivity index (χ1v) is 9.34. The van der Waals surface area contributed by atoms with Gasteiger partial charge in [-0.25, -0.2) is 0 Å². The molecule has 0 radical (unpaired) electrons. The highest BCUT2D eigenvalue weighted by Crippen LogP contribution is 2.51. The number of anilines is 1. The van der Waals surface area contributed by atoms with Gasteiger partial charge in [-0.15, -0.1) is 0 Å². The first kappa shape index (κ1) is 18.4. The Bertz CT molecular complexity index is 985. The molecule has 1 unspecified atom stereocenters. The smallest absolute Gasteiger partial charge is 0.404 e. The van der Waals surface area contributed by atoms with Crippen LogP contribution in [0.15, 0.2) is 42.5 Å². The van der Waals surface area contributed by atoms with Crippen molar-refractivity contribution >= 4 is 17.3 Å². The lowest BCUT2D eigenvalue weighted by molar-refractivity contribution is -0.385. The fraction of sp³-hybridized carbons (Fsp3) is 0.381. The second-order valence-corrected chi connectivity index (χ2v) is 7.95. The zero-order valence-electron chi connectivity index (χ0n) is 16.2. The van der Waals surface area contributed by atoms with Gasteiger partial charge in [0.05, 0.1) is 4.92 Å². The Labute approximate surface area is 163 Å². The van der Waals surface area contributed by atoms with Crippen LogP contribution >= 0.6 is 0 Å². The van der Waals surface area contributed by atoms with Crippen LogP contribution in [0.25, 0.3) is 0 Å². The van der Waals surface area contributed by atoms with Crippen LogP contribution in [-0.4, -0.2) is 35.2 Å². The molecular weight excluding hydrogens is 358 g/mol. The predicted octanol–water partition coefficient (Wildman–Crippen LogP) is 1.52. The number of aliphatic hydroxyl groups is 1. The van der Waals surface area contributed by atoms with Gasteiger partial charge >= 0.3 is 5.90 Å². The number of nitro groups is 1. The molecule has 28 heavy (non-hydrogen) atoms. The molecule has 0 aliphatic carbocycles. The highest BCUT2D eigenvalue weighted by Gasteiger charge is 2.54. The second-order valence-electron chi connectivity index (χ2n) is 7.95. The fourth-order valence-electron chi connectivity index (χ4n) is 4.13. The Kier molecular flexibility index (Phi) is 4.15. The van der Waals surface area contributed by atoms with Crippen LogP contribution in [0.4, 0.5) is 11.4 Å². The van der Waals surface area contributed by atoms with Gasteiger partial charge in [-0.05, 0) is 24.1 Å². The number of hydrogen-bond donors (Lipinski definition) is 2. The number of aryl methyl sites for hydroxylation is 1. The topological polar surface area (TPSA) is 89.8 Å². The number of hydrogen-bond acceptors (Lipinski definition) is 5. The van der Waals surface area contributed by atoms with Crippen LogP contribution in [0.2, 0.25) is 0 Å². The van der Waals surface area contributed by atoms with Crippen LogP contribution in [-0.2, 0) is 11.8 Å². The van der Waals surface area contributed by atoms with Crippen molar-refractivity contribution in [2.45, 2.75) is 37.8 Å². The van der Waals surface area contributed by atoms with E-state index in [4.69, 9.17) is 4.74 Å². The van der Waals surface area contributed by atoms with E-state index in [9.17, 15) is 15.2 Å². The van der Waals surface area contributed by atoms with Crippen molar-refractivity contribution in [2.24, 2.45) is 0 Å². The van der Waals surface area contributed by atoms with Crippen molar-refractivity contribution in [3.05, 3.63) is 63.7 Å². The van der Waals surface area contributed by atoms with E-state index in [2.05, 4.69) is 4.99 Å². The number of rotatable bonds is 5. The number of nitro benzene ring substituents is 1. The zero-order valence-corrected chi connectivity index (χ0v) is 16.2. The monoisotopic (exact) mass is 382 g/mol. The predicted molar refractivity (Wildman–Crippen MR) is 106 cm³/mol. The molecule has 0 fully saturated rings. The second kappa shape index (κ2) is 6.31. The number of likely N-dealkylation sites (N-methyl/N-ethyl adjacent to an activating group) is 1. The summed E-state index contributed by atoms with van der Waals surface area (Å²) < 4.78 is 5.77. The lowest BCUT2D eigenvalue weighted by atomic mass is 9.75. The summed E-state index contributed by atoms with van der Waals surface area (Å²) in [5.41, 5.74) is 1.21. The molecule has 2 aliphatic rings. The number of benzene rings is 2. The fourth-order valence-corrected chi connectivity index (χ4v) is 4.13. The maximum absolute atomic E-state index is 11.7. The van der Waals surface area contributed by atoms with Crippen molar-refractivity contribution in [3.8, 4) is 5.75 Å². The highest BCUT2D eigenvalue weighted by molar-refractivity contribution is 5.80. The third-order valence-corrected chi connectivity index (χ3v) is 6.05. The third kappa shape index (κ3) is 2.82. The maximum atomic E-state index is 11.7. The molecule has 146 valence electrons. The molecule has 7 heteroatoms. The first-order valence-electron chi connectivity index (χ1n) is 9.34. The number of nitrogens with one attached hydrogen (secondary N) is 1. The highest BCUT2D eigenvalue weighted by atomic mass is 16.6. The van der Waals surface area contributed by atoms with E-state index >= 15 is 0 Å². The summed E-state index contributed by atoms with van der Waals surface area (Å²) in [5.74, 6) is 1.34. The molecule has 2 heterocycles. The van der Waals surface area contributed by atoms with Gasteiger partial charge in [0.15, 0.2) is 0 Å². The summed E-state index contributed by atoms with van der Waals surface area (Å²) in [6.07, 6.45) is 0.855. The average molecular weight is 382 g/mol. The quantitative estimate of drug-likeness (QED) is 0.604. The third-order valence-electron chi connectivity index (χ3n) is 6.05. The van der Waals surface area contributed by atoms with Crippen LogP contribution in [0, 0.1) is 10.1 Å². The normalized spacial score (nSPS) is 21.9. The maximum Gasteiger partial charge on any atom is 0.408 e. The Hall–Kier alpha value is -2.93. The summed E-state index contributed by atoms with van der Waals surface area (Å²) >= 11 is 0. The van der Waals surface area contributed by atoms with E-state index < -0.39 is 16.1 Å². The van der Waals surface area contributed by atoms with Crippen molar-refractivity contribution in [3.63, 3.8) is 0 Å². The van der Waals surface area contributed by atoms with Crippen molar-refractivity contribution in [1.29, 1.82) is 0 Å². The Morgan fingerprint density at radius 3 is 2.64 bits per heavy atom. The molecule has 2 aliphatic heterocycles. The number of para-hydroxylation sites is 1. The molecule has 0 aromatic heterocycles. The van der Waals surface area contributed by atoms with E-state index in [-0.39, 0.29) is 5.69 Å². The van der Waals surface area contributed by atoms with E-state index in [1.165, 1.54) is 12.1 Å². The molecule has 2 N–H and O–H groups in total. The average Bonchev–Trinajstić information content (AvgIpc) is 3.47. The van der Waals surface area contributed by atoms with Crippen molar-refractivity contribution in [1.82, 2.24) is 0 Å².